The van der Waals surface area contributed by atoms with E-state index >= 15 is 0 Å². The highest BCUT2D eigenvalue weighted by Crippen LogP contribution is 2.44. The molecule has 0 saturated carbocycles. The maximum absolute atomic E-state index is 13.9. The molecule has 36 heavy (non-hydrogen) atoms. The SMILES string of the molecule is COc1cc(/C=C2/C(=O)/C(=C/c3cc(OC)c(OC)c(OC)c3)C3CCC2N3C)cc(OC)c1OC. The quantitative estimate of drug-likeness (QED) is 0.503. The monoisotopic (exact) mass is 495 g/mol. The Morgan fingerprint density at radius 1 is 0.639 bits per heavy atom. The van der Waals surface area contributed by atoms with Gasteiger partial charge in [-0.25, -0.2) is 0 Å². The molecule has 0 aromatic heterocycles. The minimum Gasteiger partial charge on any atom is -0.493 e. The van der Waals surface area contributed by atoms with Crippen molar-refractivity contribution in [3.8, 4) is 34.5 Å². The molecule has 2 fully saturated rings. The molecule has 0 radical (unpaired) electrons. The van der Waals surface area contributed by atoms with E-state index in [2.05, 4.69) is 11.9 Å². The molecule has 2 aromatic rings. The Hall–Kier alpha value is -3.65. The predicted molar refractivity (Wildman–Crippen MR) is 138 cm³/mol. The van der Waals surface area contributed by atoms with E-state index in [1.165, 1.54) is 0 Å². The number of methoxy groups -OCH3 is 6. The molecule has 2 saturated heterocycles. The second-order valence-corrected chi connectivity index (χ2v) is 8.72. The van der Waals surface area contributed by atoms with Crippen LogP contribution >= 0.6 is 0 Å². The first-order chi connectivity index (χ1) is 17.4. The molecule has 0 N–H and O–H groups in total. The fourth-order valence-electron chi connectivity index (χ4n) is 5.21. The molecule has 0 aliphatic carbocycles. The van der Waals surface area contributed by atoms with Crippen LogP contribution in [-0.2, 0) is 4.79 Å². The fraction of sp³-hybridized carbons (Fsp3) is 0.393. The summed E-state index contributed by atoms with van der Waals surface area (Å²) in [5.74, 6) is 3.21. The number of hydrogen-bond acceptors (Lipinski definition) is 8. The van der Waals surface area contributed by atoms with Crippen LogP contribution in [-0.4, -0.2) is 72.5 Å². The van der Waals surface area contributed by atoms with E-state index in [1.807, 2.05) is 36.4 Å². The zero-order valence-corrected chi connectivity index (χ0v) is 21.8. The van der Waals surface area contributed by atoms with Gasteiger partial charge in [-0.3, -0.25) is 9.69 Å². The molecule has 2 heterocycles. The van der Waals surface area contributed by atoms with E-state index in [-0.39, 0.29) is 17.9 Å². The third-order valence-corrected chi connectivity index (χ3v) is 6.96. The molecule has 2 aliphatic rings. The van der Waals surface area contributed by atoms with Gasteiger partial charge in [0.05, 0.1) is 42.7 Å². The Morgan fingerprint density at radius 3 is 1.25 bits per heavy atom. The summed E-state index contributed by atoms with van der Waals surface area (Å²) in [5, 5.41) is 0. The van der Waals surface area contributed by atoms with Crippen LogP contribution in [0.5, 0.6) is 34.5 Å². The van der Waals surface area contributed by atoms with Gasteiger partial charge in [-0.15, -0.1) is 0 Å². The van der Waals surface area contributed by atoms with Crippen molar-refractivity contribution in [2.24, 2.45) is 0 Å². The van der Waals surface area contributed by atoms with Gasteiger partial charge in [0.2, 0.25) is 11.5 Å². The van der Waals surface area contributed by atoms with Gasteiger partial charge < -0.3 is 28.4 Å². The first-order valence-corrected chi connectivity index (χ1v) is 11.7. The van der Waals surface area contributed by atoms with Crippen LogP contribution in [0.1, 0.15) is 24.0 Å². The van der Waals surface area contributed by atoms with E-state index in [4.69, 9.17) is 28.4 Å². The number of Topliss-reactive ketones (excluding diaryl/α,β-unsaturated/α-hetero) is 1. The Labute approximate surface area is 212 Å². The van der Waals surface area contributed by atoms with E-state index in [1.54, 1.807) is 42.7 Å². The molecule has 0 spiro atoms. The molecule has 2 unspecified atom stereocenters. The van der Waals surface area contributed by atoms with Crippen molar-refractivity contribution in [1.29, 1.82) is 0 Å². The normalized spacial score (nSPS) is 21.6. The largest absolute Gasteiger partial charge is 0.493 e. The van der Waals surface area contributed by atoms with Crippen molar-refractivity contribution in [2.75, 3.05) is 49.7 Å². The molecule has 192 valence electrons. The van der Waals surface area contributed by atoms with E-state index in [0.29, 0.717) is 34.5 Å². The van der Waals surface area contributed by atoms with Crippen molar-refractivity contribution in [3.63, 3.8) is 0 Å². The zero-order valence-electron chi connectivity index (χ0n) is 21.8. The number of likely N-dealkylation sites (N-methyl/N-ethyl adjacent to an activating group) is 1. The van der Waals surface area contributed by atoms with Crippen LogP contribution in [0.2, 0.25) is 0 Å². The van der Waals surface area contributed by atoms with E-state index < -0.39 is 0 Å². The summed E-state index contributed by atoms with van der Waals surface area (Å²) < 4.78 is 32.9. The van der Waals surface area contributed by atoms with Crippen molar-refractivity contribution >= 4 is 17.9 Å². The van der Waals surface area contributed by atoms with Crippen molar-refractivity contribution in [1.82, 2.24) is 4.90 Å². The highest BCUT2D eigenvalue weighted by Gasteiger charge is 2.44. The van der Waals surface area contributed by atoms with Crippen LogP contribution in [0.15, 0.2) is 35.4 Å². The summed E-state index contributed by atoms with van der Waals surface area (Å²) in [6.07, 6.45) is 5.66. The maximum Gasteiger partial charge on any atom is 0.203 e. The van der Waals surface area contributed by atoms with Crippen molar-refractivity contribution in [3.05, 3.63) is 46.5 Å². The second kappa shape index (κ2) is 10.5. The molecule has 2 atom stereocenters. The lowest BCUT2D eigenvalue weighted by Crippen LogP contribution is -2.43. The summed E-state index contributed by atoms with van der Waals surface area (Å²) in [4.78, 5) is 16.1. The van der Waals surface area contributed by atoms with E-state index in [0.717, 1.165) is 35.1 Å². The Bertz CT molecular complexity index is 1070. The minimum atomic E-state index is 0.0307. The Morgan fingerprint density at radius 2 is 0.972 bits per heavy atom. The molecule has 2 aliphatic heterocycles. The number of hydrogen-bond donors (Lipinski definition) is 0. The lowest BCUT2D eigenvalue weighted by Gasteiger charge is -2.34. The van der Waals surface area contributed by atoms with Crippen LogP contribution < -0.4 is 28.4 Å². The lowest BCUT2D eigenvalue weighted by atomic mass is 9.88. The summed E-state index contributed by atoms with van der Waals surface area (Å²) in [5.41, 5.74) is 3.08. The summed E-state index contributed by atoms with van der Waals surface area (Å²) in [6, 6.07) is 7.49. The molecule has 2 aromatic carbocycles. The van der Waals surface area contributed by atoms with Crippen LogP contribution in [0.4, 0.5) is 0 Å². The highest BCUT2D eigenvalue weighted by molar-refractivity contribution is 6.16. The smallest absolute Gasteiger partial charge is 0.203 e. The van der Waals surface area contributed by atoms with Crippen LogP contribution in [0.3, 0.4) is 0 Å². The lowest BCUT2D eigenvalue weighted by molar-refractivity contribution is -0.114. The van der Waals surface area contributed by atoms with Gasteiger partial charge in [0.15, 0.2) is 28.8 Å². The van der Waals surface area contributed by atoms with E-state index in [9.17, 15) is 4.79 Å². The average Bonchev–Trinajstić information content (AvgIpc) is 3.22. The number of rotatable bonds is 8. The first-order valence-electron chi connectivity index (χ1n) is 11.7. The molecular weight excluding hydrogens is 462 g/mol. The number of ketones is 1. The number of carbonyl (C=O) groups excluding carboxylic acids is 1. The molecule has 0 amide bonds. The van der Waals surface area contributed by atoms with Crippen molar-refractivity contribution < 1.29 is 33.2 Å². The van der Waals surface area contributed by atoms with Gasteiger partial charge in [0.25, 0.3) is 0 Å². The maximum atomic E-state index is 13.9. The van der Waals surface area contributed by atoms with Gasteiger partial charge in [0, 0.05) is 23.2 Å². The van der Waals surface area contributed by atoms with Gasteiger partial charge >= 0.3 is 0 Å². The Balaban J connectivity index is 1.81. The van der Waals surface area contributed by atoms with Gasteiger partial charge in [-0.2, -0.15) is 0 Å². The Kier molecular flexibility index (Phi) is 7.45. The third-order valence-electron chi connectivity index (χ3n) is 6.96. The molecule has 8 nitrogen and oxygen atoms in total. The predicted octanol–water partition coefficient (Wildman–Crippen LogP) is 4.25. The van der Waals surface area contributed by atoms with Gasteiger partial charge in [0.1, 0.15) is 0 Å². The number of nitrogens with zero attached hydrogens (tertiary/aromatic N) is 1. The summed E-state index contributed by atoms with van der Waals surface area (Å²) >= 11 is 0. The number of carbonyl (C=O) groups is 1. The molecule has 2 bridgehead atoms. The highest BCUT2D eigenvalue weighted by atomic mass is 16.5. The number of benzene rings is 2. The fourth-order valence-corrected chi connectivity index (χ4v) is 5.21. The number of piperidine rings is 1. The van der Waals surface area contributed by atoms with Gasteiger partial charge in [-0.05, 0) is 67.4 Å². The summed E-state index contributed by atoms with van der Waals surface area (Å²) in [7, 11) is 11.5. The van der Waals surface area contributed by atoms with Crippen LogP contribution in [0, 0.1) is 0 Å². The zero-order chi connectivity index (χ0) is 26.0. The minimum absolute atomic E-state index is 0.0307. The standard InChI is InChI=1S/C28H33NO7/c1-29-20-8-9-21(29)19(11-17-14-24(33-4)28(36-7)25(15-17)34-5)26(30)18(20)10-16-12-22(31-2)27(35-6)23(13-16)32-3/h10-15,20-21H,8-9H2,1-7H3/b18-10+,19-11+. The van der Waals surface area contributed by atoms with Crippen molar-refractivity contribution in [2.45, 2.75) is 24.9 Å². The number of fused-ring (bicyclic) bond motifs is 2. The first kappa shape index (κ1) is 25.4. The summed E-state index contributed by atoms with van der Waals surface area (Å²) in [6.45, 7) is 0. The average molecular weight is 496 g/mol. The second-order valence-electron chi connectivity index (χ2n) is 8.72. The topological polar surface area (TPSA) is 75.7 Å². The molecule has 4 rings (SSSR count). The van der Waals surface area contributed by atoms with Gasteiger partial charge in [-0.1, -0.05) is 0 Å². The molecule has 8 heteroatoms. The third kappa shape index (κ3) is 4.37. The number of ether oxygens (including phenoxy) is 6. The van der Waals surface area contributed by atoms with Crippen LogP contribution in [0.25, 0.3) is 12.2 Å². The molecular formula is C28H33NO7.